The minimum atomic E-state index is 0.0579. The molecule has 4 nitrogen and oxygen atoms in total. The van der Waals surface area contributed by atoms with Gasteiger partial charge in [-0.2, -0.15) is 0 Å². The Labute approximate surface area is 149 Å². The summed E-state index contributed by atoms with van der Waals surface area (Å²) in [7, 11) is 0. The Morgan fingerprint density at radius 3 is 2.88 bits per heavy atom. The van der Waals surface area contributed by atoms with E-state index in [2.05, 4.69) is 4.90 Å². The van der Waals surface area contributed by atoms with Crippen molar-refractivity contribution < 1.29 is 13.9 Å². The number of ether oxygens (including phenoxy) is 1. The fraction of sp³-hybridized carbons (Fsp3) is 0.571. The number of likely N-dealkylation sites (tertiary alicyclic amines) is 1. The van der Waals surface area contributed by atoms with Crippen LogP contribution >= 0.6 is 0 Å². The van der Waals surface area contributed by atoms with Crippen LogP contribution in [0.25, 0.3) is 11.0 Å². The lowest BCUT2D eigenvalue weighted by Gasteiger charge is -2.43. The first-order chi connectivity index (χ1) is 12.3. The average molecular weight is 341 g/mol. The fourth-order valence-electron chi connectivity index (χ4n) is 4.63. The first-order valence-corrected chi connectivity index (χ1v) is 9.68. The molecule has 2 heterocycles. The molecule has 1 saturated carbocycles. The van der Waals surface area contributed by atoms with Crippen LogP contribution in [0.2, 0.25) is 0 Å². The van der Waals surface area contributed by atoms with Crippen molar-refractivity contribution >= 4 is 16.9 Å². The largest absolute Gasteiger partial charge is 0.451 e. The summed E-state index contributed by atoms with van der Waals surface area (Å²) >= 11 is 0. The minimum absolute atomic E-state index is 0.0579. The standard InChI is InChI=1S/C21H27NO3/c1-2-24-14-17-16-10-4-6-12-19(16)25-20(17)21(23)22-13-7-9-15-8-3-5-11-18(15)22/h4,6,10,12,15,18H,2-3,5,7-9,11,13-14H2,1H3/t15-,18-/m0/s1. The number of carbonyl (C=O) groups is 1. The Kier molecular flexibility index (Phi) is 4.80. The maximum atomic E-state index is 13.4. The van der Waals surface area contributed by atoms with Crippen molar-refractivity contribution in [2.75, 3.05) is 13.2 Å². The van der Waals surface area contributed by atoms with E-state index in [1.54, 1.807) is 0 Å². The molecule has 1 aliphatic heterocycles. The van der Waals surface area contributed by atoms with Crippen LogP contribution in [0.3, 0.4) is 0 Å². The molecule has 4 rings (SSSR count). The van der Waals surface area contributed by atoms with Crippen LogP contribution in [-0.2, 0) is 11.3 Å². The molecule has 25 heavy (non-hydrogen) atoms. The van der Waals surface area contributed by atoms with Crippen LogP contribution in [0.15, 0.2) is 28.7 Å². The number of amides is 1. The molecule has 1 saturated heterocycles. The number of fused-ring (bicyclic) bond motifs is 2. The van der Waals surface area contributed by atoms with Crippen molar-refractivity contribution in [3.63, 3.8) is 0 Å². The number of piperidine rings is 1. The van der Waals surface area contributed by atoms with Gasteiger partial charge in [0.1, 0.15) is 5.58 Å². The molecule has 2 aromatic rings. The number of carbonyl (C=O) groups excluding carboxylic acids is 1. The molecule has 0 bridgehead atoms. The molecular weight excluding hydrogens is 314 g/mol. The number of furan rings is 1. The van der Waals surface area contributed by atoms with Gasteiger partial charge in [-0.05, 0) is 44.6 Å². The maximum Gasteiger partial charge on any atom is 0.290 e. The summed E-state index contributed by atoms with van der Waals surface area (Å²) in [6.07, 6.45) is 7.31. The summed E-state index contributed by atoms with van der Waals surface area (Å²) in [5, 5.41) is 0.997. The highest BCUT2D eigenvalue weighted by atomic mass is 16.5. The molecule has 2 aliphatic rings. The number of hydrogen-bond donors (Lipinski definition) is 0. The highest BCUT2D eigenvalue weighted by Crippen LogP contribution is 2.37. The van der Waals surface area contributed by atoms with E-state index >= 15 is 0 Å². The lowest BCUT2D eigenvalue weighted by Crippen LogP contribution is -2.49. The molecule has 0 unspecified atom stereocenters. The van der Waals surface area contributed by atoms with Crippen molar-refractivity contribution in [2.45, 2.75) is 58.1 Å². The number of hydrogen-bond acceptors (Lipinski definition) is 3. The predicted molar refractivity (Wildman–Crippen MR) is 97.6 cm³/mol. The molecular formula is C21H27NO3. The van der Waals surface area contributed by atoms with Gasteiger partial charge < -0.3 is 14.1 Å². The van der Waals surface area contributed by atoms with Crippen LogP contribution < -0.4 is 0 Å². The first-order valence-electron chi connectivity index (χ1n) is 9.68. The zero-order valence-corrected chi connectivity index (χ0v) is 15.0. The van der Waals surface area contributed by atoms with Crippen molar-refractivity contribution in [3.8, 4) is 0 Å². The van der Waals surface area contributed by atoms with Gasteiger partial charge in [-0.15, -0.1) is 0 Å². The molecule has 2 atom stereocenters. The number of para-hydroxylation sites is 1. The van der Waals surface area contributed by atoms with E-state index in [0.29, 0.717) is 30.9 Å². The highest BCUT2D eigenvalue weighted by Gasteiger charge is 2.38. The predicted octanol–water partition coefficient (Wildman–Crippen LogP) is 4.76. The molecule has 1 amide bonds. The molecule has 0 N–H and O–H groups in total. The molecule has 4 heteroatoms. The second-order valence-electron chi connectivity index (χ2n) is 7.30. The SMILES string of the molecule is CCOCc1c(C(=O)N2CCC[C@@H]3CCCC[C@@H]32)oc2ccccc12. The molecule has 0 radical (unpaired) electrons. The quantitative estimate of drug-likeness (QED) is 0.805. The van der Waals surface area contributed by atoms with E-state index in [9.17, 15) is 4.79 Å². The molecule has 1 aromatic carbocycles. The summed E-state index contributed by atoms with van der Waals surface area (Å²) < 4.78 is 11.7. The lowest BCUT2D eigenvalue weighted by atomic mass is 9.78. The Morgan fingerprint density at radius 2 is 2.00 bits per heavy atom. The third kappa shape index (κ3) is 3.08. The van der Waals surface area contributed by atoms with Gasteiger partial charge in [0.05, 0.1) is 6.61 Å². The third-order valence-electron chi connectivity index (χ3n) is 5.85. The van der Waals surface area contributed by atoms with Crippen LogP contribution in [0.1, 0.15) is 61.6 Å². The van der Waals surface area contributed by atoms with Crippen molar-refractivity contribution in [3.05, 3.63) is 35.6 Å². The van der Waals surface area contributed by atoms with Crippen molar-refractivity contribution in [2.24, 2.45) is 5.92 Å². The molecule has 1 aromatic heterocycles. The zero-order chi connectivity index (χ0) is 17.2. The average Bonchev–Trinajstić information content (AvgIpc) is 3.04. The fourth-order valence-corrected chi connectivity index (χ4v) is 4.63. The van der Waals surface area contributed by atoms with Gasteiger partial charge in [0.15, 0.2) is 5.76 Å². The lowest BCUT2D eigenvalue weighted by molar-refractivity contribution is 0.0358. The molecule has 134 valence electrons. The molecule has 2 fully saturated rings. The second kappa shape index (κ2) is 7.20. The van der Waals surface area contributed by atoms with Gasteiger partial charge in [-0.1, -0.05) is 31.0 Å². The summed E-state index contributed by atoms with van der Waals surface area (Å²) in [4.78, 5) is 15.5. The number of rotatable bonds is 4. The van der Waals surface area contributed by atoms with Gasteiger partial charge in [0, 0.05) is 30.1 Å². The van der Waals surface area contributed by atoms with E-state index in [1.165, 1.54) is 25.7 Å². The van der Waals surface area contributed by atoms with E-state index in [1.807, 2.05) is 31.2 Å². The highest BCUT2D eigenvalue weighted by molar-refractivity contribution is 5.99. The Hall–Kier alpha value is -1.81. The monoisotopic (exact) mass is 341 g/mol. The van der Waals surface area contributed by atoms with Crippen LogP contribution in [0.5, 0.6) is 0 Å². The third-order valence-corrected chi connectivity index (χ3v) is 5.85. The summed E-state index contributed by atoms with van der Waals surface area (Å²) in [6, 6.07) is 8.27. The van der Waals surface area contributed by atoms with Gasteiger partial charge in [0.25, 0.3) is 5.91 Å². The summed E-state index contributed by atoms with van der Waals surface area (Å²) in [6.45, 7) is 3.88. The summed E-state index contributed by atoms with van der Waals surface area (Å²) in [5.74, 6) is 1.22. The van der Waals surface area contributed by atoms with E-state index in [4.69, 9.17) is 9.15 Å². The van der Waals surface area contributed by atoms with Gasteiger partial charge in [0.2, 0.25) is 0 Å². The normalized spacial score (nSPS) is 23.6. The number of nitrogens with zero attached hydrogens (tertiary/aromatic N) is 1. The molecule has 1 aliphatic carbocycles. The Morgan fingerprint density at radius 1 is 1.20 bits per heavy atom. The van der Waals surface area contributed by atoms with Crippen molar-refractivity contribution in [1.29, 1.82) is 0 Å². The van der Waals surface area contributed by atoms with Gasteiger partial charge >= 0.3 is 0 Å². The number of benzene rings is 1. The topological polar surface area (TPSA) is 42.7 Å². The minimum Gasteiger partial charge on any atom is -0.451 e. The van der Waals surface area contributed by atoms with Gasteiger partial charge in [-0.25, -0.2) is 0 Å². The zero-order valence-electron chi connectivity index (χ0n) is 15.0. The Bertz CT molecular complexity index is 749. The molecule has 0 spiro atoms. The van der Waals surface area contributed by atoms with Crippen molar-refractivity contribution in [1.82, 2.24) is 4.90 Å². The maximum absolute atomic E-state index is 13.4. The smallest absolute Gasteiger partial charge is 0.290 e. The summed E-state index contributed by atoms with van der Waals surface area (Å²) in [5.41, 5.74) is 1.68. The van der Waals surface area contributed by atoms with Crippen LogP contribution in [0.4, 0.5) is 0 Å². The van der Waals surface area contributed by atoms with Gasteiger partial charge in [-0.3, -0.25) is 4.79 Å². The Balaban J connectivity index is 1.69. The first kappa shape index (κ1) is 16.6. The second-order valence-corrected chi connectivity index (χ2v) is 7.30. The van der Waals surface area contributed by atoms with E-state index in [-0.39, 0.29) is 5.91 Å². The van der Waals surface area contributed by atoms with Crippen LogP contribution in [-0.4, -0.2) is 30.0 Å². The van der Waals surface area contributed by atoms with E-state index < -0.39 is 0 Å². The van der Waals surface area contributed by atoms with E-state index in [0.717, 1.165) is 35.9 Å². The van der Waals surface area contributed by atoms with Crippen LogP contribution in [0, 0.1) is 5.92 Å².